The summed E-state index contributed by atoms with van der Waals surface area (Å²) in [7, 11) is 0. The van der Waals surface area contributed by atoms with Crippen molar-refractivity contribution in [2.75, 3.05) is 24.6 Å². The molecule has 2 heterocycles. The standard InChI is InChI=1S/C24H27ClFN3O2/c25-21-4-2-1-3-20(21)24(31)17-5-7-22(16(13-17)10-12-30)29-11-9-19(15-29)28-23-8-6-18(26)14-27-23/h1-8,13-14,19,23-24,27-28,30-31H,9-12,15H2. The number of nitrogens with one attached hydrogen (secondary N) is 2. The second-order valence-electron chi connectivity index (χ2n) is 7.92. The van der Waals surface area contributed by atoms with Crippen LogP contribution in [0, 0.1) is 0 Å². The average Bonchev–Trinajstić information content (AvgIpc) is 3.24. The third-order valence-electron chi connectivity index (χ3n) is 5.79. The first kappa shape index (κ1) is 21.8. The number of hydrogen-bond acceptors (Lipinski definition) is 5. The number of halogens is 2. The Bertz CT molecular complexity index is 981. The Morgan fingerprint density at radius 1 is 1.26 bits per heavy atom. The summed E-state index contributed by atoms with van der Waals surface area (Å²) in [6.45, 7) is 1.72. The Morgan fingerprint density at radius 3 is 2.84 bits per heavy atom. The number of anilines is 1. The lowest BCUT2D eigenvalue weighted by atomic mass is 9.97. The van der Waals surface area contributed by atoms with Crippen molar-refractivity contribution >= 4 is 17.3 Å². The lowest BCUT2D eigenvalue weighted by Gasteiger charge is -2.25. The number of hydrogen-bond donors (Lipinski definition) is 4. The second-order valence-corrected chi connectivity index (χ2v) is 8.32. The van der Waals surface area contributed by atoms with Gasteiger partial charge in [-0.15, -0.1) is 0 Å². The minimum atomic E-state index is -0.828. The molecule has 7 heteroatoms. The molecule has 0 aliphatic carbocycles. The fraction of sp³-hybridized carbons (Fsp3) is 0.333. The molecule has 4 N–H and O–H groups in total. The number of nitrogens with zero attached hydrogens (tertiary/aromatic N) is 1. The fourth-order valence-corrected chi connectivity index (χ4v) is 4.45. The van der Waals surface area contributed by atoms with Crippen LogP contribution in [0.1, 0.15) is 29.2 Å². The molecule has 31 heavy (non-hydrogen) atoms. The van der Waals surface area contributed by atoms with E-state index in [4.69, 9.17) is 11.6 Å². The van der Waals surface area contributed by atoms with Gasteiger partial charge < -0.3 is 20.4 Å². The Kier molecular flexibility index (Phi) is 6.92. The molecule has 1 saturated heterocycles. The molecule has 3 atom stereocenters. The van der Waals surface area contributed by atoms with E-state index in [1.807, 2.05) is 36.4 Å². The van der Waals surface area contributed by atoms with Crippen LogP contribution in [-0.2, 0) is 6.42 Å². The van der Waals surface area contributed by atoms with E-state index in [2.05, 4.69) is 15.5 Å². The third-order valence-corrected chi connectivity index (χ3v) is 6.14. The topological polar surface area (TPSA) is 67.8 Å². The van der Waals surface area contributed by atoms with Crippen LogP contribution in [0.4, 0.5) is 10.1 Å². The summed E-state index contributed by atoms with van der Waals surface area (Å²) >= 11 is 6.26. The molecule has 3 unspecified atom stereocenters. The summed E-state index contributed by atoms with van der Waals surface area (Å²) in [4.78, 5) is 2.29. The summed E-state index contributed by atoms with van der Waals surface area (Å²) in [5, 5.41) is 27.5. The van der Waals surface area contributed by atoms with E-state index in [0.717, 1.165) is 36.3 Å². The quantitative estimate of drug-likeness (QED) is 0.528. The first-order chi connectivity index (χ1) is 15.0. The van der Waals surface area contributed by atoms with Crippen molar-refractivity contribution < 1.29 is 14.6 Å². The average molecular weight is 444 g/mol. The van der Waals surface area contributed by atoms with Gasteiger partial charge in [-0.1, -0.05) is 41.9 Å². The minimum absolute atomic E-state index is 0.0306. The number of benzene rings is 2. The largest absolute Gasteiger partial charge is 0.396 e. The Hall–Kier alpha value is -2.38. The van der Waals surface area contributed by atoms with Crippen molar-refractivity contribution in [1.82, 2.24) is 10.6 Å². The molecular weight excluding hydrogens is 417 g/mol. The molecule has 2 aromatic rings. The lowest BCUT2D eigenvalue weighted by Crippen LogP contribution is -2.46. The van der Waals surface area contributed by atoms with Crippen molar-refractivity contribution in [1.29, 1.82) is 0 Å². The van der Waals surface area contributed by atoms with Crippen LogP contribution < -0.4 is 15.5 Å². The monoisotopic (exact) mass is 443 g/mol. The molecule has 0 amide bonds. The van der Waals surface area contributed by atoms with E-state index in [1.165, 1.54) is 12.3 Å². The van der Waals surface area contributed by atoms with Gasteiger partial charge in [0.2, 0.25) is 0 Å². The minimum Gasteiger partial charge on any atom is -0.396 e. The molecule has 2 aliphatic heterocycles. The summed E-state index contributed by atoms with van der Waals surface area (Å²) < 4.78 is 13.1. The predicted octanol–water partition coefficient (Wildman–Crippen LogP) is 3.42. The van der Waals surface area contributed by atoms with Crippen molar-refractivity contribution in [3.63, 3.8) is 0 Å². The van der Waals surface area contributed by atoms with Crippen LogP contribution in [0.25, 0.3) is 0 Å². The molecule has 0 radical (unpaired) electrons. The highest BCUT2D eigenvalue weighted by Gasteiger charge is 2.26. The van der Waals surface area contributed by atoms with Gasteiger partial charge in [0, 0.05) is 48.2 Å². The molecule has 0 bridgehead atoms. The maximum atomic E-state index is 13.1. The summed E-state index contributed by atoms with van der Waals surface area (Å²) in [6, 6.07) is 13.4. The Balaban J connectivity index is 1.48. The second kappa shape index (κ2) is 9.83. The Morgan fingerprint density at radius 2 is 2.10 bits per heavy atom. The molecule has 4 rings (SSSR count). The molecule has 2 aromatic carbocycles. The van der Waals surface area contributed by atoms with Gasteiger partial charge in [0.15, 0.2) is 0 Å². The SMILES string of the molecule is OCCc1cc(C(O)c2ccccc2Cl)ccc1N1CCC(NC2C=CC(F)=CN2)C1. The lowest BCUT2D eigenvalue weighted by molar-refractivity contribution is 0.220. The van der Waals surface area contributed by atoms with Crippen LogP contribution >= 0.6 is 11.6 Å². The zero-order chi connectivity index (χ0) is 21.8. The van der Waals surface area contributed by atoms with Gasteiger partial charge in [0.1, 0.15) is 11.9 Å². The van der Waals surface area contributed by atoms with Gasteiger partial charge in [-0.3, -0.25) is 5.32 Å². The molecule has 5 nitrogen and oxygen atoms in total. The third kappa shape index (κ3) is 5.10. The molecule has 0 aromatic heterocycles. The van der Waals surface area contributed by atoms with Crippen molar-refractivity contribution in [3.05, 3.63) is 88.4 Å². The fourth-order valence-electron chi connectivity index (χ4n) is 4.22. The molecule has 0 spiro atoms. The zero-order valence-corrected chi connectivity index (χ0v) is 17.9. The van der Waals surface area contributed by atoms with E-state index < -0.39 is 6.10 Å². The van der Waals surface area contributed by atoms with Gasteiger partial charge in [0.25, 0.3) is 0 Å². The molecule has 2 aliphatic rings. The van der Waals surface area contributed by atoms with Crippen molar-refractivity contribution in [2.24, 2.45) is 0 Å². The predicted molar refractivity (Wildman–Crippen MR) is 122 cm³/mol. The normalized spacial score (nSPS) is 21.7. The number of allylic oxidation sites excluding steroid dienone is 2. The number of rotatable bonds is 7. The van der Waals surface area contributed by atoms with E-state index in [-0.39, 0.29) is 24.6 Å². The number of aliphatic hydroxyl groups is 2. The van der Waals surface area contributed by atoms with Crippen LogP contribution in [0.15, 0.2) is 66.6 Å². The van der Waals surface area contributed by atoms with E-state index >= 15 is 0 Å². The van der Waals surface area contributed by atoms with E-state index in [0.29, 0.717) is 17.0 Å². The maximum absolute atomic E-state index is 13.1. The van der Waals surface area contributed by atoms with Crippen LogP contribution in [-0.4, -0.2) is 42.1 Å². The first-order valence-corrected chi connectivity index (χ1v) is 10.9. The smallest absolute Gasteiger partial charge is 0.138 e. The zero-order valence-electron chi connectivity index (χ0n) is 17.1. The highest BCUT2D eigenvalue weighted by molar-refractivity contribution is 6.31. The molecular formula is C24H27ClFN3O2. The van der Waals surface area contributed by atoms with Gasteiger partial charge >= 0.3 is 0 Å². The van der Waals surface area contributed by atoms with Crippen molar-refractivity contribution in [2.45, 2.75) is 31.2 Å². The molecule has 1 fully saturated rings. The van der Waals surface area contributed by atoms with Crippen LogP contribution in [0.3, 0.4) is 0 Å². The van der Waals surface area contributed by atoms with Gasteiger partial charge in [-0.25, -0.2) is 4.39 Å². The van der Waals surface area contributed by atoms with Gasteiger partial charge in [0.05, 0.1) is 6.17 Å². The van der Waals surface area contributed by atoms with Crippen molar-refractivity contribution in [3.8, 4) is 0 Å². The highest BCUT2D eigenvalue weighted by Crippen LogP contribution is 2.32. The summed E-state index contributed by atoms with van der Waals surface area (Å²) in [5.41, 5.74) is 3.47. The van der Waals surface area contributed by atoms with E-state index in [9.17, 15) is 14.6 Å². The van der Waals surface area contributed by atoms with Gasteiger partial charge in [-0.05, 0) is 48.3 Å². The van der Waals surface area contributed by atoms with Crippen LogP contribution in [0.2, 0.25) is 5.02 Å². The summed E-state index contributed by atoms with van der Waals surface area (Å²) in [5.74, 6) is -0.279. The number of dihydropyridines is 1. The highest BCUT2D eigenvalue weighted by atomic mass is 35.5. The Labute approximate surface area is 186 Å². The number of aliphatic hydroxyl groups excluding tert-OH is 2. The van der Waals surface area contributed by atoms with E-state index in [1.54, 1.807) is 12.1 Å². The van der Waals surface area contributed by atoms with Gasteiger partial charge in [-0.2, -0.15) is 0 Å². The van der Waals surface area contributed by atoms with Crippen LogP contribution in [0.5, 0.6) is 0 Å². The first-order valence-electron chi connectivity index (χ1n) is 10.5. The summed E-state index contributed by atoms with van der Waals surface area (Å²) in [6.07, 6.45) is 5.15. The molecule has 164 valence electrons. The maximum Gasteiger partial charge on any atom is 0.138 e. The molecule has 0 saturated carbocycles.